The molecule has 2 amide bonds. The van der Waals surface area contributed by atoms with Crippen LogP contribution in [0.25, 0.3) is 0 Å². The topological polar surface area (TPSA) is 86.0 Å². The number of halogens is 3. The van der Waals surface area contributed by atoms with E-state index >= 15 is 0 Å². The average Bonchev–Trinajstić information content (AvgIpc) is 3.45. The van der Waals surface area contributed by atoms with E-state index in [1.807, 2.05) is 16.7 Å². The molecule has 1 aliphatic heterocycles. The summed E-state index contributed by atoms with van der Waals surface area (Å²) in [6.07, 6.45) is 4.28. The van der Waals surface area contributed by atoms with Crippen molar-refractivity contribution >= 4 is 24.1 Å². The molecule has 1 atom stereocenters. The van der Waals surface area contributed by atoms with Gasteiger partial charge in [-0.15, -0.1) is 12.4 Å². The molecule has 0 bridgehead atoms. The number of benzene rings is 2. The SMILES string of the molecule is Cl.N#Cc1ccc(Cn2cncc2CN[C@@H]2CCN(C(=O)Nc3c(F)cccc3F)C2)cc1. The third kappa shape index (κ3) is 5.86. The van der Waals surface area contributed by atoms with Crippen molar-refractivity contribution in [3.63, 3.8) is 0 Å². The van der Waals surface area contributed by atoms with Crippen molar-refractivity contribution in [1.82, 2.24) is 19.8 Å². The van der Waals surface area contributed by atoms with Crippen molar-refractivity contribution < 1.29 is 13.6 Å². The van der Waals surface area contributed by atoms with Gasteiger partial charge in [-0.2, -0.15) is 5.26 Å². The van der Waals surface area contributed by atoms with Crippen molar-refractivity contribution in [1.29, 1.82) is 5.26 Å². The van der Waals surface area contributed by atoms with Crippen molar-refractivity contribution in [2.75, 3.05) is 18.4 Å². The van der Waals surface area contributed by atoms with Crippen LogP contribution in [0.4, 0.5) is 19.3 Å². The molecule has 33 heavy (non-hydrogen) atoms. The molecule has 0 aliphatic carbocycles. The lowest BCUT2D eigenvalue weighted by Gasteiger charge is -2.18. The zero-order valence-corrected chi connectivity index (χ0v) is 18.5. The molecule has 1 fully saturated rings. The second-order valence-electron chi connectivity index (χ2n) is 7.66. The summed E-state index contributed by atoms with van der Waals surface area (Å²) in [5, 5.41) is 14.7. The Morgan fingerprint density at radius 1 is 1.18 bits per heavy atom. The lowest BCUT2D eigenvalue weighted by molar-refractivity contribution is 0.221. The molecule has 1 aliphatic rings. The van der Waals surface area contributed by atoms with Gasteiger partial charge in [-0.3, -0.25) is 0 Å². The molecule has 1 saturated heterocycles. The standard InChI is InChI=1S/C23H22F2N6O.ClH/c24-20-2-1-3-21(25)22(20)29-23(32)30-9-8-18(14-30)28-12-19-11-27-15-31(19)13-17-6-4-16(10-26)5-7-17;/h1-7,11,15,18,28H,8-9,12-14H2,(H,29,32);1H/t18-;/m1./s1. The summed E-state index contributed by atoms with van der Waals surface area (Å²) < 4.78 is 29.6. The Labute approximate surface area is 196 Å². The Bertz CT molecular complexity index is 1120. The predicted octanol–water partition coefficient (Wildman–Crippen LogP) is 3.90. The summed E-state index contributed by atoms with van der Waals surface area (Å²) in [5.74, 6) is -1.61. The fraction of sp³-hybridized carbons (Fsp3) is 0.261. The van der Waals surface area contributed by atoms with E-state index in [2.05, 4.69) is 21.7 Å². The number of aromatic nitrogens is 2. The van der Waals surface area contributed by atoms with E-state index in [4.69, 9.17) is 5.26 Å². The lowest BCUT2D eigenvalue weighted by atomic mass is 10.1. The number of carbonyl (C=O) groups is 1. The number of imidazole rings is 1. The van der Waals surface area contributed by atoms with Gasteiger partial charge in [0.1, 0.15) is 17.3 Å². The second-order valence-corrected chi connectivity index (χ2v) is 7.66. The van der Waals surface area contributed by atoms with Crippen LogP contribution in [0.15, 0.2) is 55.0 Å². The molecule has 7 nitrogen and oxygen atoms in total. The number of anilines is 1. The molecule has 1 aromatic heterocycles. The molecule has 4 rings (SSSR count). The highest BCUT2D eigenvalue weighted by molar-refractivity contribution is 5.89. The normalized spacial score (nSPS) is 15.1. The number of hydrogen-bond donors (Lipinski definition) is 2. The molecule has 0 spiro atoms. The Kier molecular flexibility index (Phi) is 7.98. The van der Waals surface area contributed by atoms with Crippen LogP contribution in [0.3, 0.4) is 0 Å². The Morgan fingerprint density at radius 2 is 1.91 bits per heavy atom. The van der Waals surface area contributed by atoms with Crippen LogP contribution in [0.2, 0.25) is 0 Å². The number of nitrogens with zero attached hydrogens (tertiary/aromatic N) is 4. The number of para-hydroxylation sites is 1. The predicted molar refractivity (Wildman–Crippen MR) is 122 cm³/mol. The highest BCUT2D eigenvalue weighted by Crippen LogP contribution is 2.20. The maximum Gasteiger partial charge on any atom is 0.322 e. The van der Waals surface area contributed by atoms with E-state index in [-0.39, 0.29) is 18.4 Å². The number of nitriles is 1. The van der Waals surface area contributed by atoms with E-state index < -0.39 is 23.4 Å². The first-order valence-corrected chi connectivity index (χ1v) is 10.2. The molecule has 3 aromatic rings. The van der Waals surface area contributed by atoms with E-state index in [1.165, 1.54) is 11.0 Å². The zero-order valence-electron chi connectivity index (χ0n) is 17.7. The first-order chi connectivity index (χ1) is 15.5. The summed E-state index contributed by atoms with van der Waals surface area (Å²) in [4.78, 5) is 18.2. The molecule has 0 unspecified atom stereocenters. The number of hydrogen-bond acceptors (Lipinski definition) is 4. The van der Waals surface area contributed by atoms with Gasteiger partial charge in [0.25, 0.3) is 0 Å². The summed E-state index contributed by atoms with van der Waals surface area (Å²) in [5.41, 5.74) is 2.24. The molecule has 10 heteroatoms. The number of carbonyl (C=O) groups excluding carboxylic acids is 1. The molecule has 0 saturated carbocycles. The van der Waals surface area contributed by atoms with Crippen LogP contribution < -0.4 is 10.6 Å². The molecule has 2 heterocycles. The Balaban J connectivity index is 0.00000306. The smallest absolute Gasteiger partial charge is 0.322 e. The summed E-state index contributed by atoms with van der Waals surface area (Å²) in [7, 11) is 0. The third-order valence-corrected chi connectivity index (χ3v) is 5.48. The quantitative estimate of drug-likeness (QED) is 0.569. The molecular formula is C23H23ClF2N6O. The van der Waals surface area contributed by atoms with Gasteiger partial charge in [0.05, 0.1) is 23.7 Å². The van der Waals surface area contributed by atoms with E-state index in [9.17, 15) is 13.6 Å². The molecule has 172 valence electrons. The van der Waals surface area contributed by atoms with Crippen LogP contribution in [0, 0.1) is 23.0 Å². The summed E-state index contributed by atoms with van der Waals surface area (Å²) in [6, 6.07) is 12.5. The van der Waals surface area contributed by atoms with Crippen LogP contribution >= 0.6 is 12.4 Å². The van der Waals surface area contributed by atoms with Crippen LogP contribution in [-0.2, 0) is 13.1 Å². The number of urea groups is 1. The first kappa shape index (κ1) is 24.2. The van der Waals surface area contributed by atoms with E-state index in [0.717, 1.165) is 29.8 Å². The number of likely N-dealkylation sites (tertiary alicyclic amines) is 1. The van der Waals surface area contributed by atoms with Gasteiger partial charge >= 0.3 is 6.03 Å². The van der Waals surface area contributed by atoms with Gasteiger partial charge < -0.3 is 20.1 Å². The van der Waals surface area contributed by atoms with Gasteiger partial charge in [0.2, 0.25) is 0 Å². The van der Waals surface area contributed by atoms with Gasteiger partial charge in [0, 0.05) is 38.4 Å². The van der Waals surface area contributed by atoms with Crippen molar-refractivity contribution in [2.45, 2.75) is 25.6 Å². The molecular weight excluding hydrogens is 450 g/mol. The monoisotopic (exact) mass is 472 g/mol. The number of amides is 2. The number of nitrogens with one attached hydrogen (secondary N) is 2. The molecule has 2 N–H and O–H groups in total. The van der Waals surface area contributed by atoms with Crippen molar-refractivity contribution in [3.8, 4) is 6.07 Å². The van der Waals surface area contributed by atoms with Crippen LogP contribution in [0.1, 0.15) is 23.2 Å². The third-order valence-electron chi connectivity index (χ3n) is 5.48. The minimum Gasteiger partial charge on any atom is -0.329 e. The molecule has 2 aromatic carbocycles. The van der Waals surface area contributed by atoms with Crippen LogP contribution in [0.5, 0.6) is 0 Å². The summed E-state index contributed by atoms with van der Waals surface area (Å²) in [6.45, 7) is 2.13. The zero-order chi connectivity index (χ0) is 22.5. The minimum absolute atomic E-state index is 0. The molecule has 0 radical (unpaired) electrons. The maximum atomic E-state index is 13.8. The van der Waals surface area contributed by atoms with Crippen molar-refractivity contribution in [3.05, 3.63) is 83.4 Å². The average molecular weight is 473 g/mol. The fourth-order valence-electron chi connectivity index (χ4n) is 3.68. The highest BCUT2D eigenvalue weighted by Gasteiger charge is 2.27. The second kappa shape index (κ2) is 10.9. The highest BCUT2D eigenvalue weighted by atomic mass is 35.5. The fourth-order valence-corrected chi connectivity index (χ4v) is 3.68. The lowest BCUT2D eigenvalue weighted by Crippen LogP contribution is -2.37. The largest absolute Gasteiger partial charge is 0.329 e. The maximum absolute atomic E-state index is 13.8. The Hall–Kier alpha value is -3.48. The van der Waals surface area contributed by atoms with Gasteiger partial charge in [-0.1, -0.05) is 18.2 Å². The van der Waals surface area contributed by atoms with Crippen LogP contribution in [-0.4, -0.2) is 39.6 Å². The van der Waals surface area contributed by atoms with Gasteiger partial charge in [0.15, 0.2) is 0 Å². The minimum atomic E-state index is -0.803. The Morgan fingerprint density at radius 3 is 2.61 bits per heavy atom. The van der Waals surface area contributed by atoms with Crippen molar-refractivity contribution in [2.24, 2.45) is 0 Å². The summed E-state index contributed by atoms with van der Waals surface area (Å²) >= 11 is 0. The number of rotatable bonds is 6. The van der Waals surface area contributed by atoms with E-state index in [1.54, 1.807) is 24.7 Å². The first-order valence-electron chi connectivity index (χ1n) is 10.2. The van der Waals surface area contributed by atoms with E-state index in [0.29, 0.717) is 31.7 Å². The van der Waals surface area contributed by atoms with Gasteiger partial charge in [-0.25, -0.2) is 18.6 Å². The van der Waals surface area contributed by atoms with Gasteiger partial charge in [-0.05, 0) is 36.2 Å².